The number of nitrogens with zero attached hydrogens (tertiary/aromatic N) is 1. The first-order chi connectivity index (χ1) is 6.77. The van der Waals surface area contributed by atoms with Crippen LogP contribution in [-0.2, 0) is 0 Å². The Morgan fingerprint density at radius 3 is 2.36 bits per heavy atom. The zero-order chi connectivity index (χ0) is 10.1. The van der Waals surface area contributed by atoms with Gasteiger partial charge in [-0.25, -0.2) is 0 Å². The van der Waals surface area contributed by atoms with E-state index >= 15 is 0 Å². The van der Waals surface area contributed by atoms with Crippen LogP contribution in [0.5, 0.6) is 11.5 Å². The number of rotatable bonds is 2. The molecule has 0 bridgehead atoms. The van der Waals surface area contributed by atoms with Gasteiger partial charge in [0, 0.05) is 11.6 Å². The Morgan fingerprint density at radius 1 is 1.07 bits per heavy atom. The molecule has 0 unspecified atom stereocenters. The van der Waals surface area contributed by atoms with E-state index in [1.54, 1.807) is 20.4 Å². The number of hydrogen-bond donors (Lipinski definition) is 1. The number of aromatic nitrogens is 1. The quantitative estimate of drug-likeness (QED) is 0.731. The Hall–Kier alpha value is -1.84. The summed E-state index contributed by atoms with van der Waals surface area (Å²) in [5.41, 5.74) is 0.840. The number of ether oxygens (including phenoxy) is 2. The molecule has 1 aromatic heterocycles. The molecule has 4 heteroatoms. The van der Waals surface area contributed by atoms with Crippen molar-refractivity contribution in [3.05, 3.63) is 24.4 Å². The minimum Gasteiger partial charge on any atom is -0.496 e. The highest BCUT2D eigenvalue weighted by molar-refractivity contribution is 5.91. The van der Waals surface area contributed by atoms with Crippen molar-refractivity contribution in [2.75, 3.05) is 20.1 Å². The summed E-state index contributed by atoms with van der Waals surface area (Å²) >= 11 is 0. The summed E-state index contributed by atoms with van der Waals surface area (Å²) in [6, 6.07) is 5.60. The predicted octanol–water partition coefficient (Wildman–Crippen LogP) is 1.37. The monoisotopic (exact) mass is 192 g/mol. The summed E-state index contributed by atoms with van der Waals surface area (Å²) in [5.74, 6) is 7.30. The van der Waals surface area contributed by atoms with Crippen molar-refractivity contribution < 1.29 is 9.47 Å². The van der Waals surface area contributed by atoms with E-state index in [2.05, 4.69) is 0 Å². The number of nitrogen functional groups attached to an aromatic ring is 1. The molecule has 1 aromatic carbocycles. The van der Waals surface area contributed by atoms with Crippen LogP contribution in [0.2, 0.25) is 0 Å². The summed E-state index contributed by atoms with van der Waals surface area (Å²) in [4.78, 5) is 0. The van der Waals surface area contributed by atoms with Gasteiger partial charge in [0.2, 0.25) is 0 Å². The fourth-order valence-corrected chi connectivity index (χ4v) is 1.57. The SMILES string of the molecule is COc1ccc(OC)c2c1ccn2N. The van der Waals surface area contributed by atoms with Crippen LogP contribution >= 0.6 is 0 Å². The minimum atomic E-state index is 0.744. The zero-order valence-corrected chi connectivity index (χ0v) is 8.15. The number of benzene rings is 1. The van der Waals surface area contributed by atoms with Crippen LogP contribution in [-0.4, -0.2) is 18.9 Å². The number of fused-ring (bicyclic) bond motifs is 1. The Kier molecular flexibility index (Phi) is 1.96. The topological polar surface area (TPSA) is 49.4 Å². The third-order valence-electron chi connectivity index (χ3n) is 2.24. The molecule has 0 aliphatic carbocycles. The Labute approximate surface area is 81.8 Å². The molecule has 0 saturated carbocycles. The largest absolute Gasteiger partial charge is 0.496 e. The molecule has 14 heavy (non-hydrogen) atoms. The first-order valence-electron chi connectivity index (χ1n) is 4.25. The molecule has 0 saturated heterocycles. The molecule has 4 nitrogen and oxygen atoms in total. The van der Waals surface area contributed by atoms with Crippen molar-refractivity contribution in [3.63, 3.8) is 0 Å². The maximum Gasteiger partial charge on any atom is 0.145 e. The number of methoxy groups -OCH3 is 2. The van der Waals surface area contributed by atoms with E-state index < -0.39 is 0 Å². The predicted molar refractivity (Wildman–Crippen MR) is 55.2 cm³/mol. The van der Waals surface area contributed by atoms with Crippen LogP contribution in [0.3, 0.4) is 0 Å². The van der Waals surface area contributed by atoms with Gasteiger partial charge in [-0.1, -0.05) is 0 Å². The molecular weight excluding hydrogens is 180 g/mol. The van der Waals surface area contributed by atoms with Crippen LogP contribution in [0.25, 0.3) is 10.9 Å². The van der Waals surface area contributed by atoms with Crippen LogP contribution in [0.1, 0.15) is 0 Å². The van der Waals surface area contributed by atoms with E-state index in [4.69, 9.17) is 15.3 Å². The third-order valence-corrected chi connectivity index (χ3v) is 2.24. The first-order valence-corrected chi connectivity index (χ1v) is 4.25. The van der Waals surface area contributed by atoms with Crippen LogP contribution in [0.15, 0.2) is 24.4 Å². The van der Waals surface area contributed by atoms with Gasteiger partial charge in [-0.15, -0.1) is 0 Å². The van der Waals surface area contributed by atoms with Gasteiger partial charge < -0.3 is 15.3 Å². The lowest BCUT2D eigenvalue weighted by Gasteiger charge is -2.07. The fraction of sp³-hybridized carbons (Fsp3) is 0.200. The minimum absolute atomic E-state index is 0.744. The molecule has 74 valence electrons. The highest BCUT2D eigenvalue weighted by Crippen LogP contribution is 2.32. The lowest BCUT2D eigenvalue weighted by atomic mass is 10.2. The molecule has 0 amide bonds. The molecule has 0 atom stereocenters. The van der Waals surface area contributed by atoms with Gasteiger partial charge in [0.05, 0.1) is 14.2 Å². The second-order valence-electron chi connectivity index (χ2n) is 2.96. The standard InChI is InChI=1S/C10H12N2O2/c1-13-8-3-4-9(14-2)10-7(8)5-6-12(10)11/h3-6H,11H2,1-2H3. The zero-order valence-electron chi connectivity index (χ0n) is 8.15. The molecule has 0 aliphatic rings. The second-order valence-corrected chi connectivity index (χ2v) is 2.96. The number of hydrogen-bond acceptors (Lipinski definition) is 3. The summed E-state index contributed by atoms with van der Waals surface area (Å²) in [7, 11) is 3.25. The van der Waals surface area contributed by atoms with Gasteiger partial charge in [-0.2, -0.15) is 0 Å². The van der Waals surface area contributed by atoms with E-state index in [9.17, 15) is 0 Å². The van der Waals surface area contributed by atoms with Gasteiger partial charge in [-0.3, -0.25) is 4.68 Å². The molecular formula is C10H12N2O2. The summed E-state index contributed by atoms with van der Waals surface area (Å²) < 4.78 is 12.0. The lowest BCUT2D eigenvalue weighted by Crippen LogP contribution is -2.06. The van der Waals surface area contributed by atoms with Crippen LogP contribution in [0, 0.1) is 0 Å². The Balaban J connectivity index is 2.81. The van der Waals surface area contributed by atoms with Gasteiger partial charge in [0.1, 0.15) is 17.0 Å². The Bertz CT molecular complexity index is 462. The highest BCUT2D eigenvalue weighted by Gasteiger charge is 2.09. The van der Waals surface area contributed by atoms with Crippen molar-refractivity contribution in [2.24, 2.45) is 0 Å². The summed E-state index contributed by atoms with van der Waals surface area (Å²) in [5, 5.41) is 0.953. The van der Waals surface area contributed by atoms with E-state index in [0.29, 0.717) is 0 Å². The molecule has 2 aromatic rings. The molecule has 0 fully saturated rings. The molecule has 2 rings (SSSR count). The van der Waals surface area contributed by atoms with Crippen molar-refractivity contribution in [1.29, 1.82) is 0 Å². The first kappa shape index (κ1) is 8.74. The molecule has 0 radical (unpaired) electrons. The van der Waals surface area contributed by atoms with Gasteiger partial charge in [0.25, 0.3) is 0 Å². The average molecular weight is 192 g/mol. The third kappa shape index (κ3) is 1.08. The fourth-order valence-electron chi connectivity index (χ4n) is 1.57. The normalized spacial score (nSPS) is 10.4. The van der Waals surface area contributed by atoms with Crippen molar-refractivity contribution in [2.45, 2.75) is 0 Å². The van der Waals surface area contributed by atoms with E-state index in [1.165, 1.54) is 4.68 Å². The molecule has 0 spiro atoms. The van der Waals surface area contributed by atoms with Crippen molar-refractivity contribution in [3.8, 4) is 11.5 Å². The van der Waals surface area contributed by atoms with Gasteiger partial charge in [-0.05, 0) is 18.2 Å². The maximum atomic E-state index is 5.76. The second kappa shape index (κ2) is 3.14. The van der Waals surface area contributed by atoms with Gasteiger partial charge >= 0.3 is 0 Å². The molecule has 1 heterocycles. The number of nitrogens with two attached hydrogens (primary N) is 1. The summed E-state index contributed by atoms with van der Waals surface area (Å²) in [6.45, 7) is 0. The smallest absolute Gasteiger partial charge is 0.145 e. The lowest BCUT2D eigenvalue weighted by molar-refractivity contribution is 0.409. The summed E-state index contributed by atoms with van der Waals surface area (Å²) in [6.07, 6.45) is 1.77. The highest BCUT2D eigenvalue weighted by atomic mass is 16.5. The van der Waals surface area contributed by atoms with Crippen LogP contribution in [0.4, 0.5) is 0 Å². The molecule has 2 N–H and O–H groups in total. The van der Waals surface area contributed by atoms with Crippen LogP contribution < -0.4 is 15.3 Å². The van der Waals surface area contributed by atoms with E-state index in [-0.39, 0.29) is 0 Å². The molecule has 0 aliphatic heterocycles. The van der Waals surface area contributed by atoms with Gasteiger partial charge in [0.15, 0.2) is 0 Å². The van der Waals surface area contributed by atoms with Crippen molar-refractivity contribution in [1.82, 2.24) is 4.68 Å². The maximum absolute atomic E-state index is 5.76. The average Bonchev–Trinajstić information content (AvgIpc) is 2.60. The van der Waals surface area contributed by atoms with E-state index in [1.807, 2.05) is 18.2 Å². The Morgan fingerprint density at radius 2 is 1.71 bits per heavy atom. The van der Waals surface area contributed by atoms with Crippen molar-refractivity contribution >= 4 is 10.9 Å². The van der Waals surface area contributed by atoms with E-state index in [0.717, 1.165) is 22.4 Å².